The fourth-order valence-electron chi connectivity index (χ4n) is 2.17. The first-order valence-corrected chi connectivity index (χ1v) is 8.62. The Balaban J connectivity index is 2.17. The van der Waals surface area contributed by atoms with Crippen LogP contribution in [0.1, 0.15) is 30.9 Å². The number of sulfonamides is 1. The second kappa shape index (κ2) is 6.61. The van der Waals surface area contributed by atoms with E-state index in [0.717, 1.165) is 6.42 Å². The van der Waals surface area contributed by atoms with Gasteiger partial charge in [0.25, 0.3) is 0 Å². The van der Waals surface area contributed by atoms with Crippen LogP contribution in [0.2, 0.25) is 0 Å². The average Bonchev–Trinajstić information content (AvgIpc) is 3.15. The second-order valence-electron chi connectivity index (χ2n) is 5.58. The number of nitrogens with one attached hydrogen (secondary N) is 1. The fourth-order valence-corrected chi connectivity index (χ4v) is 3.53. The normalized spacial score (nSPS) is 20.7. The zero-order chi connectivity index (χ0) is 15.5. The molecule has 1 aliphatic carbocycles. The lowest BCUT2D eigenvalue weighted by molar-refractivity contribution is 0.305. The number of aryl methyl sites for hydroxylation is 1. The highest BCUT2D eigenvalue weighted by molar-refractivity contribution is 7.89. The van der Waals surface area contributed by atoms with Gasteiger partial charge >= 0.3 is 0 Å². The Hall–Kier alpha value is -1.35. The molecule has 1 fully saturated rings. The molecule has 2 atom stereocenters. The summed E-state index contributed by atoms with van der Waals surface area (Å²) in [7, 11) is -3.49. The van der Waals surface area contributed by atoms with Gasteiger partial charge in [-0.05, 0) is 42.9 Å². The van der Waals surface area contributed by atoms with E-state index in [0.29, 0.717) is 35.9 Å². The summed E-state index contributed by atoms with van der Waals surface area (Å²) >= 11 is 0. The molecular formula is C16H21NO3S. The summed E-state index contributed by atoms with van der Waals surface area (Å²) in [5.74, 6) is 6.75. The minimum atomic E-state index is -3.49. The van der Waals surface area contributed by atoms with Crippen molar-refractivity contribution < 1.29 is 13.5 Å². The van der Waals surface area contributed by atoms with Gasteiger partial charge in [0, 0.05) is 18.5 Å². The summed E-state index contributed by atoms with van der Waals surface area (Å²) in [6.07, 6.45) is 1.47. The van der Waals surface area contributed by atoms with Gasteiger partial charge in [-0.25, -0.2) is 13.1 Å². The van der Waals surface area contributed by atoms with Gasteiger partial charge in [-0.2, -0.15) is 0 Å². The van der Waals surface area contributed by atoms with Crippen molar-refractivity contribution in [3.63, 3.8) is 0 Å². The maximum Gasteiger partial charge on any atom is 0.240 e. The van der Waals surface area contributed by atoms with Crippen LogP contribution in [0.4, 0.5) is 0 Å². The van der Waals surface area contributed by atoms with E-state index in [1.54, 1.807) is 25.1 Å². The van der Waals surface area contributed by atoms with E-state index in [1.165, 1.54) is 0 Å². The van der Waals surface area contributed by atoms with Gasteiger partial charge in [-0.3, -0.25) is 0 Å². The van der Waals surface area contributed by atoms with Crippen molar-refractivity contribution >= 4 is 10.0 Å². The van der Waals surface area contributed by atoms with Gasteiger partial charge in [0.2, 0.25) is 10.0 Å². The molecule has 2 rings (SSSR count). The van der Waals surface area contributed by atoms with Crippen LogP contribution in [0.5, 0.6) is 0 Å². The van der Waals surface area contributed by atoms with Crippen LogP contribution in [0, 0.1) is 30.6 Å². The van der Waals surface area contributed by atoms with E-state index in [1.807, 2.05) is 0 Å². The molecule has 2 N–H and O–H groups in total. The van der Waals surface area contributed by atoms with Crippen molar-refractivity contribution in [3.05, 3.63) is 29.3 Å². The van der Waals surface area contributed by atoms with Gasteiger partial charge < -0.3 is 5.11 Å². The van der Waals surface area contributed by atoms with Gasteiger partial charge in [0.05, 0.1) is 11.5 Å². The molecule has 21 heavy (non-hydrogen) atoms. The first-order chi connectivity index (χ1) is 9.94. The molecular weight excluding hydrogens is 286 g/mol. The van der Waals surface area contributed by atoms with Crippen molar-refractivity contribution in [2.75, 3.05) is 13.2 Å². The quantitative estimate of drug-likeness (QED) is 0.813. The molecule has 0 saturated heterocycles. The second-order valence-corrected chi connectivity index (χ2v) is 7.32. The van der Waals surface area contributed by atoms with Gasteiger partial charge in [0.1, 0.15) is 0 Å². The zero-order valence-corrected chi connectivity index (χ0v) is 13.2. The highest BCUT2D eigenvalue weighted by atomic mass is 32.2. The molecule has 1 saturated carbocycles. The van der Waals surface area contributed by atoms with Crippen molar-refractivity contribution in [1.82, 2.24) is 4.72 Å². The highest BCUT2D eigenvalue weighted by Gasteiger charge is 2.33. The minimum Gasteiger partial charge on any atom is -0.395 e. The average molecular weight is 307 g/mol. The summed E-state index contributed by atoms with van der Waals surface area (Å²) < 4.78 is 27.4. The monoisotopic (exact) mass is 307 g/mol. The Kier molecular flexibility index (Phi) is 5.04. The molecule has 0 heterocycles. The van der Waals surface area contributed by atoms with Crippen molar-refractivity contribution in [1.29, 1.82) is 0 Å². The lowest BCUT2D eigenvalue weighted by Crippen LogP contribution is -2.26. The van der Waals surface area contributed by atoms with Crippen LogP contribution in [0.3, 0.4) is 0 Å². The number of hydrogen-bond donors (Lipinski definition) is 2. The van der Waals surface area contributed by atoms with Crippen LogP contribution >= 0.6 is 0 Å². The third-order valence-corrected chi connectivity index (χ3v) is 5.32. The molecule has 1 aromatic carbocycles. The Morgan fingerprint density at radius 1 is 1.43 bits per heavy atom. The number of rotatable bonds is 5. The van der Waals surface area contributed by atoms with Crippen LogP contribution in [0.15, 0.2) is 23.1 Å². The third kappa shape index (κ3) is 4.31. The maximum absolute atomic E-state index is 12.4. The zero-order valence-electron chi connectivity index (χ0n) is 12.4. The van der Waals surface area contributed by atoms with E-state index < -0.39 is 10.0 Å². The molecule has 0 amide bonds. The third-order valence-electron chi connectivity index (χ3n) is 3.76. The lowest BCUT2D eigenvalue weighted by Gasteiger charge is -2.09. The summed E-state index contributed by atoms with van der Waals surface area (Å²) in [5, 5.41) is 8.71. The molecule has 4 nitrogen and oxygen atoms in total. The Morgan fingerprint density at radius 2 is 2.14 bits per heavy atom. The first kappa shape index (κ1) is 16.0. The van der Waals surface area contributed by atoms with E-state index in [2.05, 4.69) is 23.5 Å². The minimum absolute atomic E-state index is 0.00510. The molecule has 5 heteroatoms. The number of hydrogen-bond acceptors (Lipinski definition) is 3. The van der Waals surface area contributed by atoms with Gasteiger partial charge in [-0.1, -0.05) is 24.8 Å². The van der Waals surface area contributed by atoms with E-state index in [4.69, 9.17) is 5.11 Å². The molecule has 1 aliphatic rings. The number of aliphatic hydroxyl groups excluding tert-OH is 1. The van der Waals surface area contributed by atoms with E-state index >= 15 is 0 Å². The first-order valence-electron chi connectivity index (χ1n) is 7.14. The van der Waals surface area contributed by atoms with Crippen LogP contribution in [-0.4, -0.2) is 26.7 Å². The summed E-state index contributed by atoms with van der Waals surface area (Å²) in [6.45, 7) is 4.41. The molecule has 1 aromatic rings. The lowest BCUT2D eigenvalue weighted by atomic mass is 10.1. The van der Waals surface area contributed by atoms with Crippen LogP contribution in [0.25, 0.3) is 0 Å². The van der Waals surface area contributed by atoms with Gasteiger partial charge in [-0.15, -0.1) is 0 Å². The summed E-state index contributed by atoms with van der Waals surface area (Å²) in [6, 6.07) is 5.15. The highest BCUT2D eigenvalue weighted by Crippen LogP contribution is 2.37. The molecule has 2 unspecified atom stereocenters. The Bertz CT molecular complexity index is 670. The molecule has 0 aromatic heterocycles. The molecule has 0 spiro atoms. The van der Waals surface area contributed by atoms with E-state index in [-0.39, 0.29) is 11.5 Å². The smallest absolute Gasteiger partial charge is 0.240 e. The largest absolute Gasteiger partial charge is 0.395 e. The van der Waals surface area contributed by atoms with E-state index in [9.17, 15) is 8.42 Å². The summed E-state index contributed by atoms with van der Waals surface area (Å²) in [5.41, 5.74) is 1.35. The number of aliphatic hydroxyl groups is 1. The predicted octanol–water partition coefficient (Wildman–Crippen LogP) is 1.66. The topological polar surface area (TPSA) is 66.4 Å². The van der Waals surface area contributed by atoms with Crippen molar-refractivity contribution in [2.24, 2.45) is 11.8 Å². The van der Waals surface area contributed by atoms with Crippen LogP contribution < -0.4 is 4.72 Å². The molecule has 0 radical (unpaired) electrons. The fraction of sp³-hybridized carbons (Fsp3) is 0.500. The molecule has 114 valence electrons. The molecule has 0 bridgehead atoms. The van der Waals surface area contributed by atoms with Crippen LogP contribution in [-0.2, 0) is 10.0 Å². The van der Waals surface area contributed by atoms with Crippen molar-refractivity contribution in [2.45, 2.75) is 31.6 Å². The SMILES string of the molecule is Cc1ccc(C#CCCO)cc1S(=O)(=O)NCC1CC1C. The Morgan fingerprint density at radius 3 is 2.76 bits per heavy atom. The predicted molar refractivity (Wildman–Crippen MR) is 82.2 cm³/mol. The summed E-state index contributed by atoms with van der Waals surface area (Å²) in [4.78, 5) is 0.284. The standard InChI is InChI=1S/C16H21NO3S/c1-12-6-7-14(5-3-4-8-18)10-16(12)21(19,20)17-11-15-9-13(15)2/h6-7,10,13,15,17-18H,4,8-9,11H2,1-2H3. The van der Waals surface area contributed by atoms with Crippen molar-refractivity contribution in [3.8, 4) is 11.8 Å². The number of benzene rings is 1. The Labute approximate surface area is 126 Å². The molecule has 0 aliphatic heterocycles. The maximum atomic E-state index is 12.4. The van der Waals surface area contributed by atoms with Gasteiger partial charge in [0.15, 0.2) is 0 Å².